The Hall–Kier alpha value is -0.640. The summed E-state index contributed by atoms with van der Waals surface area (Å²) in [5.41, 5.74) is 2.64. The minimum Gasteiger partial charge on any atom is -0.0835 e. The molecule has 0 spiro atoms. The van der Waals surface area contributed by atoms with Crippen LogP contribution in [0.1, 0.15) is 16.0 Å². The van der Waals surface area contributed by atoms with Crippen LogP contribution in [0.5, 0.6) is 0 Å². The Kier molecular flexibility index (Phi) is 4.82. The van der Waals surface area contributed by atoms with Crippen LogP contribution in [0.4, 0.5) is 0 Å². The van der Waals surface area contributed by atoms with E-state index in [0.29, 0.717) is 0 Å². The van der Waals surface area contributed by atoms with Crippen molar-refractivity contribution < 1.29 is 0 Å². The third-order valence-corrected chi connectivity index (χ3v) is 5.58. The molecular formula is C18H13Br3. The van der Waals surface area contributed by atoms with Crippen LogP contribution in [-0.2, 0) is 6.42 Å². The molecule has 3 aromatic rings. The zero-order valence-electron chi connectivity index (χ0n) is 11.2. The molecule has 106 valence electrons. The standard InChI is InChI=1S/C18H13Br3/c19-14-8-9-16(18(21)11-14)17(20)10-13-6-3-5-12-4-1-2-7-15(12)13/h1-9,11,17H,10H2. The van der Waals surface area contributed by atoms with Gasteiger partial charge in [0.15, 0.2) is 0 Å². The Labute approximate surface area is 150 Å². The quantitative estimate of drug-likeness (QED) is 0.361. The van der Waals surface area contributed by atoms with E-state index in [1.54, 1.807) is 0 Å². The van der Waals surface area contributed by atoms with Gasteiger partial charge in [-0.1, -0.05) is 96.3 Å². The van der Waals surface area contributed by atoms with Crippen molar-refractivity contribution in [1.82, 2.24) is 0 Å². The van der Waals surface area contributed by atoms with Crippen molar-refractivity contribution in [3.05, 3.63) is 80.7 Å². The van der Waals surface area contributed by atoms with E-state index in [9.17, 15) is 0 Å². The van der Waals surface area contributed by atoms with Gasteiger partial charge in [-0.05, 0) is 40.5 Å². The first-order chi connectivity index (χ1) is 10.1. The van der Waals surface area contributed by atoms with Crippen LogP contribution in [-0.4, -0.2) is 0 Å². The fraction of sp³-hybridized carbons (Fsp3) is 0.111. The lowest BCUT2D eigenvalue weighted by molar-refractivity contribution is 0.951. The van der Waals surface area contributed by atoms with Crippen molar-refractivity contribution >= 4 is 58.6 Å². The van der Waals surface area contributed by atoms with Gasteiger partial charge in [-0.3, -0.25) is 0 Å². The molecule has 0 radical (unpaired) electrons. The van der Waals surface area contributed by atoms with Crippen molar-refractivity contribution in [3.8, 4) is 0 Å². The maximum Gasteiger partial charge on any atom is 0.0447 e. The minimum atomic E-state index is 0.283. The minimum absolute atomic E-state index is 0.283. The molecule has 0 saturated heterocycles. The molecule has 3 rings (SSSR count). The van der Waals surface area contributed by atoms with E-state index in [0.717, 1.165) is 15.4 Å². The largest absolute Gasteiger partial charge is 0.0835 e. The van der Waals surface area contributed by atoms with Crippen molar-refractivity contribution in [2.24, 2.45) is 0 Å². The maximum atomic E-state index is 3.84. The van der Waals surface area contributed by atoms with Crippen LogP contribution in [0.15, 0.2) is 69.6 Å². The summed E-state index contributed by atoms with van der Waals surface area (Å²) in [6, 6.07) is 21.4. The lowest BCUT2D eigenvalue weighted by Crippen LogP contribution is -1.97. The second-order valence-electron chi connectivity index (χ2n) is 4.98. The van der Waals surface area contributed by atoms with Gasteiger partial charge in [-0.2, -0.15) is 0 Å². The summed E-state index contributed by atoms with van der Waals surface area (Å²) in [5, 5.41) is 2.63. The molecule has 0 aliphatic carbocycles. The lowest BCUT2D eigenvalue weighted by Gasteiger charge is -2.14. The van der Waals surface area contributed by atoms with Gasteiger partial charge in [-0.25, -0.2) is 0 Å². The highest BCUT2D eigenvalue weighted by Gasteiger charge is 2.13. The van der Waals surface area contributed by atoms with Crippen LogP contribution < -0.4 is 0 Å². The molecule has 0 aliphatic heterocycles. The SMILES string of the molecule is Brc1ccc(C(Br)Cc2cccc3ccccc23)c(Br)c1. The van der Waals surface area contributed by atoms with E-state index in [4.69, 9.17) is 0 Å². The molecule has 0 aliphatic rings. The highest BCUT2D eigenvalue weighted by Crippen LogP contribution is 2.35. The lowest BCUT2D eigenvalue weighted by atomic mass is 9.98. The Morgan fingerprint density at radius 3 is 2.43 bits per heavy atom. The number of benzene rings is 3. The zero-order chi connectivity index (χ0) is 14.8. The second kappa shape index (κ2) is 6.64. The maximum absolute atomic E-state index is 3.84. The molecule has 0 aromatic heterocycles. The van der Waals surface area contributed by atoms with Gasteiger partial charge >= 0.3 is 0 Å². The third kappa shape index (κ3) is 3.41. The molecule has 1 unspecified atom stereocenters. The summed E-state index contributed by atoms with van der Waals surface area (Å²) in [7, 11) is 0. The van der Waals surface area contributed by atoms with Gasteiger partial charge in [0.25, 0.3) is 0 Å². The Bertz CT molecular complexity index is 775. The van der Waals surface area contributed by atoms with Crippen LogP contribution in [0.2, 0.25) is 0 Å². The monoisotopic (exact) mass is 466 g/mol. The van der Waals surface area contributed by atoms with E-state index >= 15 is 0 Å². The number of hydrogen-bond acceptors (Lipinski definition) is 0. The predicted molar refractivity (Wildman–Crippen MR) is 101 cm³/mol. The van der Waals surface area contributed by atoms with Crippen molar-refractivity contribution in [3.63, 3.8) is 0 Å². The molecule has 0 nitrogen and oxygen atoms in total. The fourth-order valence-electron chi connectivity index (χ4n) is 2.53. The van der Waals surface area contributed by atoms with E-state index in [1.165, 1.54) is 21.9 Å². The van der Waals surface area contributed by atoms with Crippen LogP contribution in [0, 0.1) is 0 Å². The third-order valence-electron chi connectivity index (χ3n) is 3.58. The van der Waals surface area contributed by atoms with Gasteiger partial charge in [0.2, 0.25) is 0 Å². The first-order valence-corrected chi connectivity index (χ1v) is 9.21. The first-order valence-electron chi connectivity index (χ1n) is 6.71. The van der Waals surface area contributed by atoms with E-state index in [1.807, 2.05) is 0 Å². The highest BCUT2D eigenvalue weighted by atomic mass is 79.9. The van der Waals surface area contributed by atoms with Crippen LogP contribution in [0.3, 0.4) is 0 Å². The average Bonchev–Trinajstić information content (AvgIpc) is 2.47. The summed E-state index contributed by atoms with van der Waals surface area (Å²) in [6.07, 6.45) is 0.960. The Morgan fingerprint density at radius 1 is 0.857 bits per heavy atom. The van der Waals surface area contributed by atoms with E-state index in [-0.39, 0.29) is 4.83 Å². The van der Waals surface area contributed by atoms with Gasteiger partial charge in [0.1, 0.15) is 0 Å². The van der Waals surface area contributed by atoms with Gasteiger partial charge in [-0.15, -0.1) is 0 Å². The Morgan fingerprint density at radius 2 is 1.62 bits per heavy atom. The van der Waals surface area contributed by atoms with Gasteiger partial charge in [0.05, 0.1) is 0 Å². The summed E-state index contributed by atoms with van der Waals surface area (Å²) < 4.78 is 2.21. The molecule has 3 heteroatoms. The molecule has 0 bridgehead atoms. The second-order valence-corrected chi connectivity index (χ2v) is 7.85. The Balaban J connectivity index is 1.94. The van der Waals surface area contributed by atoms with E-state index in [2.05, 4.69) is 108 Å². The van der Waals surface area contributed by atoms with Crippen LogP contribution in [0.25, 0.3) is 10.8 Å². The fourth-order valence-corrected chi connectivity index (χ4v) is 4.91. The number of hydrogen-bond donors (Lipinski definition) is 0. The molecule has 0 fully saturated rings. The van der Waals surface area contributed by atoms with Crippen molar-refractivity contribution in [2.75, 3.05) is 0 Å². The van der Waals surface area contributed by atoms with E-state index < -0.39 is 0 Å². The average molecular weight is 469 g/mol. The molecule has 0 saturated carbocycles. The summed E-state index contributed by atoms with van der Waals surface area (Å²) >= 11 is 11.0. The molecule has 21 heavy (non-hydrogen) atoms. The van der Waals surface area contributed by atoms with Crippen molar-refractivity contribution in [1.29, 1.82) is 0 Å². The smallest absolute Gasteiger partial charge is 0.0447 e. The molecular weight excluding hydrogens is 456 g/mol. The van der Waals surface area contributed by atoms with Gasteiger partial charge in [0, 0.05) is 13.8 Å². The number of rotatable bonds is 3. The number of alkyl halides is 1. The van der Waals surface area contributed by atoms with Crippen LogP contribution >= 0.6 is 47.8 Å². The normalized spacial score (nSPS) is 12.5. The van der Waals surface area contributed by atoms with Gasteiger partial charge < -0.3 is 0 Å². The molecule has 0 amide bonds. The molecule has 3 aromatic carbocycles. The van der Waals surface area contributed by atoms with Crippen molar-refractivity contribution in [2.45, 2.75) is 11.2 Å². The summed E-state index contributed by atoms with van der Waals surface area (Å²) in [4.78, 5) is 0.283. The number of fused-ring (bicyclic) bond motifs is 1. The first kappa shape index (κ1) is 15.3. The number of halogens is 3. The molecule has 1 atom stereocenters. The summed E-state index contributed by atoms with van der Waals surface area (Å²) in [6.45, 7) is 0. The zero-order valence-corrected chi connectivity index (χ0v) is 15.9. The molecule has 0 N–H and O–H groups in total. The summed E-state index contributed by atoms with van der Waals surface area (Å²) in [5.74, 6) is 0. The highest BCUT2D eigenvalue weighted by molar-refractivity contribution is 9.11. The topological polar surface area (TPSA) is 0 Å². The molecule has 0 heterocycles. The predicted octanol–water partition coefficient (Wildman–Crippen LogP) is 7.04.